The molecule has 0 spiro atoms. The number of alkyl halides is 3. The quantitative estimate of drug-likeness (QED) is 0.717. The molecule has 1 aliphatic heterocycles. The predicted molar refractivity (Wildman–Crippen MR) is 96.9 cm³/mol. The van der Waals surface area contributed by atoms with E-state index in [0.717, 1.165) is 11.0 Å². The van der Waals surface area contributed by atoms with E-state index in [-0.39, 0.29) is 17.1 Å². The number of sulfone groups is 1. The first-order valence-corrected chi connectivity index (χ1v) is 9.92. The summed E-state index contributed by atoms with van der Waals surface area (Å²) in [6, 6.07) is 11.4. The molecule has 0 aliphatic carbocycles. The fourth-order valence-electron chi connectivity index (χ4n) is 2.97. The Morgan fingerprint density at radius 1 is 1.14 bits per heavy atom. The normalized spacial score (nSPS) is 20.2. The Kier molecular flexibility index (Phi) is 4.86. The molecule has 0 N–H and O–H groups in total. The Hall–Kier alpha value is -2.62. The van der Waals surface area contributed by atoms with Crippen LogP contribution >= 0.6 is 0 Å². The third-order valence-corrected chi connectivity index (χ3v) is 6.13. The van der Waals surface area contributed by atoms with Gasteiger partial charge in [-0.05, 0) is 30.3 Å². The Morgan fingerprint density at radius 3 is 2.29 bits per heavy atom. The lowest BCUT2D eigenvalue weighted by Gasteiger charge is -2.28. The fraction of sp³-hybridized carbons (Fsp3) is 0.278. The number of para-hydroxylation sites is 1. The number of anilines is 1. The molecule has 0 aromatic heterocycles. The van der Waals surface area contributed by atoms with Crippen molar-refractivity contribution in [1.82, 2.24) is 0 Å². The lowest BCUT2D eigenvalue weighted by Crippen LogP contribution is -2.53. The van der Waals surface area contributed by atoms with Crippen LogP contribution in [0.1, 0.15) is 5.56 Å². The van der Waals surface area contributed by atoms with E-state index in [9.17, 15) is 26.0 Å². The highest BCUT2D eigenvalue weighted by Gasteiger charge is 2.66. The molecule has 0 amide bonds. The minimum Gasteiger partial charge on any atom is -0.494 e. The molecule has 1 aliphatic rings. The summed E-state index contributed by atoms with van der Waals surface area (Å²) in [5.41, 5.74) is 0.296. The van der Waals surface area contributed by atoms with Gasteiger partial charge in [0.05, 0.1) is 13.7 Å². The monoisotopic (exact) mass is 416 g/mol. The molecule has 0 bridgehead atoms. The van der Waals surface area contributed by atoms with E-state index in [2.05, 4.69) is 4.99 Å². The van der Waals surface area contributed by atoms with Crippen LogP contribution in [-0.2, 0) is 9.84 Å². The molecule has 0 fully saturated rings. The first-order chi connectivity index (χ1) is 13.0. The number of rotatable bonds is 4. The predicted octanol–water partition coefficient (Wildman–Crippen LogP) is 3.40. The van der Waals surface area contributed by atoms with Crippen LogP contribution < -0.4 is 9.64 Å². The van der Waals surface area contributed by atoms with Crippen LogP contribution in [0.5, 0.6) is 5.75 Å². The maximum atomic E-state index is 14.2. The molecule has 2 aromatic rings. The van der Waals surface area contributed by atoms with Gasteiger partial charge in [0.2, 0.25) is 0 Å². The zero-order valence-corrected chi connectivity index (χ0v) is 15.7. The van der Waals surface area contributed by atoms with Gasteiger partial charge in [0, 0.05) is 17.5 Å². The molecular weight excluding hydrogens is 400 g/mol. The summed E-state index contributed by atoms with van der Waals surface area (Å²) in [6.07, 6.45) is -4.68. The number of benzene rings is 2. The van der Waals surface area contributed by atoms with Crippen LogP contribution in [0.3, 0.4) is 0 Å². The smallest absolute Gasteiger partial charge is 0.429 e. The van der Waals surface area contributed by atoms with Crippen molar-refractivity contribution in [3.63, 3.8) is 0 Å². The summed E-state index contributed by atoms with van der Waals surface area (Å²) in [4.78, 5) is 1.37. The number of hydrogen-bond acceptors (Lipinski definition) is 5. The van der Waals surface area contributed by atoms with Crippen molar-refractivity contribution in [3.05, 3.63) is 59.9 Å². The van der Waals surface area contributed by atoms with Crippen molar-refractivity contribution >= 4 is 21.4 Å². The van der Waals surface area contributed by atoms with Gasteiger partial charge in [0.1, 0.15) is 5.84 Å². The standard InChI is InChI=1S/C18H16F4N2O3S/c1-27-15-9-8-12(10-14(15)19)16-23-17(18(20,21)22,28(2,25)26)11-24(16)13-6-4-3-5-7-13/h3-10H,11H2,1-2H3. The van der Waals surface area contributed by atoms with Crippen LogP contribution in [0.2, 0.25) is 0 Å². The molecule has 0 radical (unpaired) electrons. The Bertz CT molecular complexity index is 1020. The number of halogens is 4. The molecule has 1 heterocycles. The van der Waals surface area contributed by atoms with Gasteiger partial charge in [-0.15, -0.1) is 0 Å². The topological polar surface area (TPSA) is 59.0 Å². The SMILES string of the molecule is COc1ccc(C2=NC(C(F)(F)F)(S(C)(=O)=O)CN2c2ccccc2)cc1F. The van der Waals surface area contributed by atoms with Crippen LogP contribution in [0.25, 0.3) is 0 Å². The second-order valence-corrected chi connectivity index (χ2v) is 8.48. The second-order valence-electron chi connectivity index (χ2n) is 6.26. The largest absolute Gasteiger partial charge is 0.494 e. The van der Waals surface area contributed by atoms with E-state index in [1.54, 1.807) is 18.2 Å². The molecular formula is C18H16F4N2O3S. The van der Waals surface area contributed by atoms with E-state index in [0.29, 0.717) is 11.9 Å². The average Bonchev–Trinajstić information content (AvgIpc) is 3.04. The number of amidine groups is 1. The lowest BCUT2D eigenvalue weighted by atomic mass is 10.1. The summed E-state index contributed by atoms with van der Waals surface area (Å²) >= 11 is 0. The highest BCUT2D eigenvalue weighted by molar-refractivity contribution is 7.92. The number of methoxy groups -OCH3 is 1. The molecule has 5 nitrogen and oxygen atoms in total. The fourth-order valence-corrected chi connectivity index (χ4v) is 4.00. The molecule has 150 valence electrons. The number of hydrogen-bond donors (Lipinski definition) is 0. The summed E-state index contributed by atoms with van der Waals surface area (Å²) in [5.74, 6) is -1.20. The molecule has 0 saturated heterocycles. The zero-order valence-electron chi connectivity index (χ0n) is 14.9. The molecule has 10 heteroatoms. The van der Waals surface area contributed by atoms with Gasteiger partial charge in [0.25, 0.3) is 4.87 Å². The van der Waals surface area contributed by atoms with E-state index >= 15 is 0 Å². The average molecular weight is 416 g/mol. The molecule has 2 aromatic carbocycles. The number of aliphatic imine (C=N–C) groups is 1. The number of nitrogens with zero attached hydrogens (tertiary/aromatic N) is 2. The van der Waals surface area contributed by atoms with Crippen molar-refractivity contribution in [2.45, 2.75) is 11.0 Å². The first kappa shape index (κ1) is 20.1. The van der Waals surface area contributed by atoms with Crippen molar-refractivity contribution in [2.75, 3.05) is 24.8 Å². The van der Waals surface area contributed by atoms with E-state index in [1.807, 2.05) is 0 Å². The van der Waals surface area contributed by atoms with Crippen LogP contribution in [-0.4, -0.2) is 45.2 Å². The van der Waals surface area contributed by atoms with Gasteiger partial charge in [-0.25, -0.2) is 17.8 Å². The summed E-state index contributed by atoms with van der Waals surface area (Å²) in [5, 5.41) is 0. The zero-order chi connectivity index (χ0) is 20.7. The molecule has 1 atom stereocenters. The van der Waals surface area contributed by atoms with Crippen molar-refractivity contribution < 1.29 is 30.7 Å². The van der Waals surface area contributed by atoms with E-state index in [1.165, 1.54) is 31.4 Å². The van der Waals surface area contributed by atoms with E-state index in [4.69, 9.17) is 4.74 Å². The van der Waals surface area contributed by atoms with Gasteiger partial charge < -0.3 is 9.64 Å². The Balaban J connectivity index is 2.25. The highest BCUT2D eigenvalue weighted by Crippen LogP contribution is 2.44. The maximum absolute atomic E-state index is 14.2. The maximum Gasteiger partial charge on any atom is 0.429 e. The third-order valence-electron chi connectivity index (χ3n) is 4.45. The summed E-state index contributed by atoms with van der Waals surface area (Å²) in [7, 11) is -3.45. The first-order valence-electron chi connectivity index (χ1n) is 8.03. The van der Waals surface area contributed by atoms with Gasteiger partial charge in [0.15, 0.2) is 21.4 Å². The molecule has 1 unspecified atom stereocenters. The second kappa shape index (κ2) is 6.77. The molecule has 3 rings (SSSR count). The summed E-state index contributed by atoms with van der Waals surface area (Å²) < 4.78 is 85.0. The lowest BCUT2D eigenvalue weighted by molar-refractivity contribution is -0.155. The van der Waals surface area contributed by atoms with Gasteiger partial charge in [-0.2, -0.15) is 13.2 Å². The van der Waals surface area contributed by atoms with Crippen LogP contribution in [0, 0.1) is 5.82 Å². The molecule has 0 saturated carbocycles. The highest BCUT2D eigenvalue weighted by atomic mass is 32.2. The van der Waals surface area contributed by atoms with Crippen LogP contribution in [0.15, 0.2) is 53.5 Å². The van der Waals surface area contributed by atoms with Gasteiger partial charge in [-0.3, -0.25) is 0 Å². The number of ether oxygens (including phenoxy) is 1. The molecule has 28 heavy (non-hydrogen) atoms. The third kappa shape index (κ3) is 3.21. The van der Waals surface area contributed by atoms with Crippen molar-refractivity contribution in [1.29, 1.82) is 0 Å². The Morgan fingerprint density at radius 2 is 1.79 bits per heavy atom. The van der Waals surface area contributed by atoms with Crippen molar-refractivity contribution in [3.8, 4) is 5.75 Å². The van der Waals surface area contributed by atoms with Crippen molar-refractivity contribution in [2.24, 2.45) is 4.99 Å². The Labute approximate surface area is 159 Å². The van der Waals surface area contributed by atoms with Gasteiger partial charge >= 0.3 is 6.18 Å². The summed E-state index contributed by atoms with van der Waals surface area (Å²) in [6.45, 7) is -0.970. The van der Waals surface area contributed by atoms with Gasteiger partial charge in [-0.1, -0.05) is 18.2 Å². The minimum absolute atomic E-state index is 0.00284. The minimum atomic E-state index is -5.17. The van der Waals surface area contributed by atoms with Crippen LogP contribution in [0.4, 0.5) is 23.2 Å². The van der Waals surface area contributed by atoms with E-state index < -0.39 is 33.2 Å².